The lowest BCUT2D eigenvalue weighted by Gasteiger charge is -2.13. The Bertz CT molecular complexity index is 884. The van der Waals surface area contributed by atoms with Gasteiger partial charge < -0.3 is 15.4 Å². The number of nitrogens with two attached hydrogens (primary N) is 1. The second kappa shape index (κ2) is 6.20. The standard InChI is InChI=1S/C16H19BN2O4S/c1-10(2)14-6-13(18)7-19-16(14)24(21,22)9-11-3-4-12-8-23-17(20)15(12)5-11/h3-7,10,20H,8-9,18H2,1-2H3. The molecular weight excluding hydrogens is 327 g/mol. The summed E-state index contributed by atoms with van der Waals surface area (Å²) >= 11 is 0. The van der Waals surface area contributed by atoms with Crippen LogP contribution < -0.4 is 11.2 Å². The summed E-state index contributed by atoms with van der Waals surface area (Å²) in [5.74, 6) is -0.204. The number of aromatic nitrogens is 1. The van der Waals surface area contributed by atoms with E-state index in [2.05, 4.69) is 4.98 Å². The van der Waals surface area contributed by atoms with Gasteiger partial charge in [-0.2, -0.15) is 0 Å². The molecule has 2 aromatic rings. The fourth-order valence-electron chi connectivity index (χ4n) is 2.80. The highest BCUT2D eigenvalue weighted by Gasteiger charge is 2.29. The van der Waals surface area contributed by atoms with Crippen LogP contribution in [-0.4, -0.2) is 25.5 Å². The lowest BCUT2D eigenvalue weighted by molar-refractivity contribution is 0.275. The van der Waals surface area contributed by atoms with Crippen LogP contribution in [0.3, 0.4) is 0 Å². The zero-order valence-corrected chi connectivity index (χ0v) is 14.4. The Morgan fingerprint density at radius 1 is 1.38 bits per heavy atom. The van der Waals surface area contributed by atoms with Gasteiger partial charge in [0.1, 0.15) is 0 Å². The van der Waals surface area contributed by atoms with Gasteiger partial charge in [-0.1, -0.05) is 32.0 Å². The average molecular weight is 346 g/mol. The molecule has 0 atom stereocenters. The summed E-state index contributed by atoms with van der Waals surface area (Å²) in [4.78, 5) is 4.07. The Kier molecular flexibility index (Phi) is 4.37. The number of anilines is 1. The quantitative estimate of drug-likeness (QED) is 0.800. The van der Waals surface area contributed by atoms with Gasteiger partial charge >= 0.3 is 7.12 Å². The van der Waals surface area contributed by atoms with Crippen LogP contribution in [0.5, 0.6) is 0 Å². The molecular formula is C16H19BN2O4S. The van der Waals surface area contributed by atoms with E-state index in [0.717, 1.165) is 5.56 Å². The molecule has 0 aliphatic carbocycles. The maximum Gasteiger partial charge on any atom is 0.491 e. The average Bonchev–Trinajstić information content (AvgIpc) is 2.87. The molecule has 0 amide bonds. The molecule has 1 aromatic carbocycles. The fraction of sp³-hybridized carbons (Fsp3) is 0.312. The van der Waals surface area contributed by atoms with Gasteiger partial charge in [0.2, 0.25) is 0 Å². The normalized spacial score (nSPS) is 14.2. The van der Waals surface area contributed by atoms with Crippen LogP contribution in [0.1, 0.15) is 36.5 Å². The summed E-state index contributed by atoms with van der Waals surface area (Å²) < 4.78 is 30.8. The Hall–Kier alpha value is -1.90. The topological polar surface area (TPSA) is 103 Å². The number of hydrogen-bond acceptors (Lipinski definition) is 6. The summed E-state index contributed by atoms with van der Waals surface area (Å²) in [7, 11) is -4.63. The number of rotatable bonds is 4. The van der Waals surface area contributed by atoms with Crippen molar-refractivity contribution >= 4 is 28.1 Å². The van der Waals surface area contributed by atoms with E-state index in [1.54, 1.807) is 24.3 Å². The van der Waals surface area contributed by atoms with Gasteiger partial charge in [0, 0.05) is 0 Å². The molecule has 6 nitrogen and oxygen atoms in total. The molecule has 0 bridgehead atoms. The molecule has 1 aromatic heterocycles. The molecule has 3 rings (SSSR count). The van der Waals surface area contributed by atoms with Gasteiger partial charge in [0.05, 0.1) is 24.2 Å². The van der Waals surface area contributed by atoms with E-state index < -0.39 is 17.0 Å². The van der Waals surface area contributed by atoms with Crippen molar-refractivity contribution in [2.75, 3.05) is 5.73 Å². The summed E-state index contributed by atoms with van der Waals surface area (Å²) in [5.41, 5.74) is 8.87. The largest absolute Gasteiger partial charge is 0.491 e. The third-order valence-electron chi connectivity index (χ3n) is 4.05. The molecule has 0 radical (unpaired) electrons. The molecule has 0 spiro atoms. The number of nitrogen functional groups attached to an aromatic ring is 1. The predicted octanol–water partition coefficient (Wildman–Crippen LogP) is 0.979. The van der Waals surface area contributed by atoms with Crippen LogP contribution in [0.4, 0.5) is 5.69 Å². The van der Waals surface area contributed by atoms with Crippen LogP contribution in [-0.2, 0) is 26.9 Å². The molecule has 3 N–H and O–H groups in total. The number of fused-ring (bicyclic) bond motifs is 1. The van der Waals surface area contributed by atoms with Gasteiger partial charge in [0.15, 0.2) is 14.9 Å². The predicted molar refractivity (Wildman–Crippen MR) is 92.5 cm³/mol. The smallest absolute Gasteiger partial charge is 0.423 e. The van der Waals surface area contributed by atoms with Crippen molar-refractivity contribution in [2.24, 2.45) is 0 Å². The highest BCUT2D eigenvalue weighted by molar-refractivity contribution is 7.90. The summed E-state index contributed by atoms with van der Waals surface area (Å²) in [5, 5.41) is 9.83. The highest BCUT2D eigenvalue weighted by Crippen LogP contribution is 2.26. The highest BCUT2D eigenvalue weighted by atomic mass is 32.2. The van der Waals surface area contributed by atoms with Crippen molar-refractivity contribution < 1.29 is 18.1 Å². The van der Waals surface area contributed by atoms with Crippen molar-refractivity contribution in [3.05, 3.63) is 47.2 Å². The molecule has 8 heteroatoms. The van der Waals surface area contributed by atoms with Gasteiger partial charge in [-0.05, 0) is 34.1 Å². The molecule has 0 saturated heterocycles. The van der Waals surface area contributed by atoms with Crippen molar-refractivity contribution in [3.63, 3.8) is 0 Å². The number of hydrogen-bond donors (Lipinski definition) is 2. The molecule has 126 valence electrons. The maximum atomic E-state index is 12.8. The molecule has 0 saturated carbocycles. The zero-order valence-electron chi connectivity index (χ0n) is 13.6. The number of benzene rings is 1. The number of nitrogens with zero attached hydrogens (tertiary/aromatic N) is 1. The van der Waals surface area contributed by atoms with Crippen molar-refractivity contribution in [2.45, 2.75) is 37.2 Å². The first-order valence-corrected chi connectivity index (χ1v) is 9.32. The Balaban J connectivity index is 1.97. The van der Waals surface area contributed by atoms with Gasteiger partial charge in [-0.3, -0.25) is 0 Å². The Morgan fingerprint density at radius 2 is 2.12 bits per heavy atom. The summed E-state index contributed by atoms with van der Waals surface area (Å²) in [6.07, 6.45) is 1.36. The fourth-order valence-corrected chi connectivity index (χ4v) is 4.42. The maximum absolute atomic E-state index is 12.8. The van der Waals surface area contributed by atoms with Crippen molar-refractivity contribution in [3.8, 4) is 0 Å². The number of pyridine rings is 1. The van der Waals surface area contributed by atoms with Crippen molar-refractivity contribution in [1.29, 1.82) is 0 Å². The van der Waals surface area contributed by atoms with Gasteiger partial charge in [-0.25, -0.2) is 13.4 Å². The minimum atomic E-state index is -3.63. The van der Waals surface area contributed by atoms with E-state index in [9.17, 15) is 13.4 Å². The monoisotopic (exact) mass is 346 g/mol. The summed E-state index contributed by atoms with van der Waals surface area (Å²) in [6, 6.07) is 6.86. The molecule has 0 unspecified atom stereocenters. The van der Waals surface area contributed by atoms with Crippen LogP contribution in [0, 0.1) is 0 Å². The lowest BCUT2D eigenvalue weighted by atomic mass is 9.79. The van der Waals surface area contributed by atoms with E-state index in [4.69, 9.17) is 10.4 Å². The first kappa shape index (κ1) is 16.9. The zero-order chi connectivity index (χ0) is 17.5. The van der Waals surface area contributed by atoms with Crippen LogP contribution in [0.15, 0.2) is 35.5 Å². The lowest BCUT2D eigenvalue weighted by Crippen LogP contribution is -2.28. The molecule has 2 heterocycles. The van der Waals surface area contributed by atoms with E-state index >= 15 is 0 Å². The van der Waals surface area contributed by atoms with Crippen LogP contribution in [0.2, 0.25) is 0 Å². The molecule has 1 aliphatic rings. The first-order chi connectivity index (χ1) is 11.3. The third-order valence-corrected chi connectivity index (χ3v) is 5.69. The molecule has 0 fully saturated rings. The second-order valence-corrected chi connectivity index (χ2v) is 8.18. The van der Waals surface area contributed by atoms with Crippen LogP contribution in [0.25, 0.3) is 0 Å². The van der Waals surface area contributed by atoms with Gasteiger partial charge in [-0.15, -0.1) is 0 Å². The SMILES string of the molecule is CC(C)c1cc(N)cnc1S(=O)(=O)Cc1ccc2c(c1)B(O)OC2. The Morgan fingerprint density at radius 3 is 2.83 bits per heavy atom. The summed E-state index contributed by atoms with van der Waals surface area (Å²) in [6.45, 7) is 4.14. The second-order valence-electron chi connectivity index (χ2n) is 6.27. The van der Waals surface area contributed by atoms with Gasteiger partial charge in [0.25, 0.3) is 0 Å². The van der Waals surface area contributed by atoms with Crippen LogP contribution >= 0.6 is 0 Å². The molecule has 24 heavy (non-hydrogen) atoms. The van der Waals surface area contributed by atoms with E-state index in [1.807, 2.05) is 13.8 Å². The molecule has 1 aliphatic heterocycles. The van der Waals surface area contributed by atoms with E-state index in [1.165, 1.54) is 6.20 Å². The van der Waals surface area contributed by atoms with E-state index in [0.29, 0.717) is 28.9 Å². The first-order valence-electron chi connectivity index (χ1n) is 7.67. The third kappa shape index (κ3) is 3.17. The van der Waals surface area contributed by atoms with Crippen molar-refractivity contribution in [1.82, 2.24) is 4.98 Å². The minimum absolute atomic E-state index is 0.0129. The van der Waals surface area contributed by atoms with E-state index in [-0.39, 0.29) is 16.7 Å². The Labute approximate surface area is 141 Å². The number of sulfone groups is 1. The minimum Gasteiger partial charge on any atom is -0.423 e.